The van der Waals surface area contributed by atoms with Gasteiger partial charge in [0.25, 0.3) is 5.91 Å². The summed E-state index contributed by atoms with van der Waals surface area (Å²) in [6.07, 6.45) is 1.65. The molecular formula is C29H21Cl3INO6S. The maximum atomic E-state index is 12.9. The van der Waals surface area contributed by atoms with Gasteiger partial charge in [-0.1, -0.05) is 64.8 Å². The number of benzene rings is 3. The zero-order chi connectivity index (χ0) is 29.7. The molecule has 212 valence electrons. The van der Waals surface area contributed by atoms with Crippen LogP contribution in [-0.2, 0) is 16.1 Å². The van der Waals surface area contributed by atoms with E-state index >= 15 is 0 Å². The molecule has 0 unspecified atom stereocenters. The molecule has 0 atom stereocenters. The fourth-order valence-electron chi connectivity index (χ4n) is 3.68. The molecule has 1 amide bonds. The Morgan fingerprint density at radius 2 is 1.83 bits per heavy atom. The minimum Gasteiger partial charge on any atom is -0.506 e. The van der Waals surface area contributed by atoms with E-state index in [4.69, 9.17) is 49.0 Å². The Bertz CT molecular complexity index is 1620. The third-order valence-corrected chi connectivity index (χ3v) is 8.35. The molecule has 41 heavy (non-hydrogen) atoms. The molecule has 1 aliphatic rings. The maximum absolute atomic E-state index is 12.9. The van der Waals surface area contributed by atoms with Crippen molar-refractivity contribution in [3.8, 4) is 11.5 Å². The Labute approximate surface area is 269 Å². The average Bonchev–Trinajstić information content (AvgIpc) is 3.22. The van der Waals surface area contributed by atoms with E-state index in [1.54, 1.807) is 55.5 Å². The van der Waals surface area contributed by atoms with Gasteiger partial charge in [-0.15, -0.1) is 0 Å². The second-order valence-electron chi connectivity index (χ2n) is 8.32. The molecule has 0 fully saturated rings. The van der Waals surface area contributed by atoms with Gasteiger partial charge >= 0.3 is 5.97 Å². The van der Waals surface area contributed by atoms with Crippen LogP contribution in [0.5, 0.6) is 11.5 Å². The van der Waals surface area contributed by atoms with Crippen LogP contribution >= 0.6 is 69.2 Å². The van der Waals surface area contributed by atoms with E-state index in [-0.39, 0.29) is 40.2 Å². The number of aliphatic hydroxyl groups excluding tert-OH is 1. The van der Waals surface area contributed by atoms with Gasteiger partial charge in [-0.3, -0.25) is 4.79 Å². The first-order valence-corrected chi connectivity index (χ1v) is 15.0. The third kappa shape index (κ3) is 7.39. The van der Waals surface area contributed by atoms with Crippen LogP contribution in [0.3, 0.4) is 0 Å². The van der Waals surface area contributed by atoms with E-state index in [0.29, 0.717) is 32.0 Å². The van der Waals surface area contributed by atoms with Gasteiger partial charge in [-0.05, 0) is 77.6 Å². The Hall–Kier alpha value is -2.70. The largest absolute Gasteiger partial charge is 0.506 e. The normalized spacial score (nSPS) is 15.0. The van der Waals surface area contributed by atoms with Crippen molar-refractivity contribution < 1.29 is 28.9 Å². The highest BCUT2D eigenvalue weighted by atomic mass is 127. The molecule has 0 aliphatic carbocycles. The Kier molecular flexibility index (Phi) is 10.6. The summed E-state index contributed by atoms with van der Waals surface area (Å²) >= 11 is 21.5. The second-order valence-corrected chi connectivity index (χ2v) is 11.8. The van der Waals surface area contributed by atoms with Crippen LogP contribution in [0.2, 0.25) is 15.1 Å². The highest BCUT2D eigenvalue weighted by Gasteiger charge is 2.34. The molecule has 7 nitrogen and oxygen atoms in total. The molecule has 0 aromatic heterocycles. The van der Waals surface area contributed by atoms with Crippen molar-refractivity contribution in [3.05, 3.63) is 106 Å². The van der Waals surface area contributed by atoms with Gasteiger partial charge in [0.1, 0.15) is 23.0 Å². The van der Waals surface area contributed by atoms with Gasteiger partial charge in [0.2, 0.25) is 0 Å². The summed E-state index contributed by atoms with van der Waals surface area (Å²) in [5.41, 5.74) is 1.35. The van der Waals surface area contributed by atoms with Gasteiger partial charge in [0.05, 0.1) is 32.8 Å². The molecule has 1 heterocycles. The van der Waals surface area contributed by atoms with Crippen molar-refractivity contribution in [3.63, 3.8) is 0 Å². The van der Waals surface area contributed by atoms with E-state index in [0.717, 1.165) is 20.9 Å². The number of methoxy groups -OCH3 is 1. The first-order chi connectivity index (χ1) is 19.6. The predicted molar refractivity (Wildman–Crippen MR) is 172 cm³/mol. The number of halogens is 4. The SMILES string of the molecule is CCOC(=O)C1=C(O)/C(=C/c2cc(I)c(OCc3ccc(Cl)cc3Cl)c(OC)c2)SC1=NC(=O)c1ccccc1Cl. The van der Waals surface area contributed by atoms with Crippen LogP contribution in [0.4, 0.5) is 0 Å². The molecule has 0 saturated heterocycles. The minimum atomic E-state index is -0.802. The molecular weight excluding hydrogens is 724 g/mol. The molecule has 0 spiro atoms. The van der Waals surface area contributed by atoms with Crippen molar-refractivity contribution in [2.24, 2.45) is 4.99 Å². The lowest BCUT2D eigenvalue weighted by molar-refractivity contribution is -0.138. The van der Waals surface area contributed by atoms with Crippen molar-refractivity contribution in [2.45, 2.75) is 13.5 Å². The summed E-state index contributed by atoms with van der Waals surface area (Å²) in [6, 6.07) is 15.1. The highest BCUT2D eigenvalue weighted by Crippen LogP contribution is 2.41. The van der Waals surface area contributed by atoms with E-state index in [9.17, 15) is 14.7 Å². The van der Waals surface area contributed by atoms with Crippen molar-refractivity contribution in [1.82, 2.24) is 0 Å². The van der Waals surface area contributed by atoms with Crippen LogP contribution < -0.4 is 9.47 Å². The summed E-state index contributed by atoms with van der Waals surface area (Å²) in [6.45, 7) is 1.90. The molecule has 0 saturated carbocycles. The minimum absolute atomic E-state index is 0.00132. The molecule has 4 rings (SSSR count). The van der Waals surface area contributed by atoms with Gasteiger partial charge < -0.3 is 19.3 Å². The summed E-state index contributed by atoms with van der Waals surface area (Å²) in [7, 11) is 1.51. The number of thioether (sulfide) groups is 1. The number of rotatable bonds is 8. The highest BCUT2D eigenvalue weighted by molar-refractivity contribution is 14.1. The van der Waals surface area contributed by atoms with Crippen molar-refractivity contribution >= 4 is 92.2 Å². The third-order valence-electron chi connectivity index (χ3n) is 5.61. The Morgan fingerprint density at radius 3 is 2.51 bits per heavy atom. The molecule has 1 aliphatic heterocycles. The maximum Gasteiger partial charge on any atom is 0.344 e. The molecule has 0 bridgehead atoms. The lowest BCUT2D eigenvalue weighted by atomic mass is 10.1. The molecule has 1 N–H and O–H groups in total. The van der Waals surface area contributed by atoms with Gasteiger partial charge in [0, 0.05) is 15.6 Å². The second kappa shape index (κ2) is 14.0. The number of aliphatic hydroxyl groups is 1. The topological polar surface area (TPSA) is 94.4 Å². The number of hydrogen-bond donors (Lipinski definition) is 1. The van der Waals surface area contributed by atoms with Crippen LogP contribution in [0.1, 0.15) is 28.4 Å². The van der Waals surface area contributed by atoms with E-state index in [1.807, 2.05) is 6.07 Å². The van der Waals surface area contributed by atoms with Crippen LogP contribution in [0.25, 0.3) is 6.08 Å². The number of esters is 1. The number of ether oxygens (including phenoxy) is 3. The predicted octanol–water partition coefficient (Wildman–Crippen LogP) is 8.54. The van der Waals surface area contributed by atoms with E-state index in [2.05, 4.69) is 27.6 Å². The fraction of sp³-hybridized carbons (Fsp3) is 0.138. The molecule has 12 heteroatoms. The zero-order valence-corrected chi connectivity index (χ0v) is 26.8. The standard InChI is InChI=1S/C29H21Cl3INO6S/c1-3-39-29(37)24-25(35)23(41-28(24)34-27(36)18-6-4-5-7-19(18)31)12-15-10-21(33)26(22(11-15)38-2)40-14-16-8-9-17(30)13-20(16)32/h4-13,35H,3,14H2,1-2H3/b23-12-,34-28?. The van der Waals surface area contributed by atoms with Crippen molar-refractivity contribution in [2.75, 3.05) is 13.7 Å². The van der Waals surface area contributed by atoms with Gasteiger partial charge in [0.15, 0.2) is 11.5 Å². The first kappa shape index (κ1) is 31.2. The molecule has 0 radical (unpaired) electrons. The van der Waals surface area contributed by atoms with Crippen molar-refractivity contribution in [1.29, 1.82) is 0 Å². The quantitative estimate of drug-likeness (QED) is 0.183. The number of nitrogens with zero attached hydrogens (tertiary/aromatic N) is 1. The summed E-state index contributed by atoms with van der Waals surface area (Å²) in [5.74, 6) is -0.879. The molecule has 3 aromatic carbocycles. The zero-order valence-electron chi connectivity index (χ0n) is 21.5. The van der Waals surface area contributed by atoms with Gasteiger partial charge in [-0.25, -0.2) is 9.79 Å². The smallest absolute Gasteiger partial charge is 0.344 e. The van der Waals surface area contributed by atoms with E-state index < -0.39 is 11.9 Å². The summed E-state index contributed by atoms with van der Waals surface area (Å²) in [4.78, 5) is 30.0. The number of carbonyl (C=O) groups excluding carboxylic acids is 2. The van der Waals surface area contributed by atoms with E-state index in [1.165, 1.54) is 13.2 Å². The lowest BCUT2D eigenvalue weighted by Gasteiger charge is -2.14. The number of amides is 1. The number of carbonyl (C=O) groups is 2. The molecule has 3 aromatic rings. The summed E-state index contributed by atoms with van der Waals surface area (Å²) in [5, 5.41) is 12.2. The van der Waals surface area contributed by atoms with Crippen LogP contribution in [0.15, 0.2) is 75.8 Å². The monoisotopic (exact) mass is 743 g/mol. The fourth-order valence-corrected chi connectivity index (χ4v) is 6.16. The number of aliphatic imine (C=N–C) groups is 1. The Morgan fingerprint density at radius 1 is 1.07 bits per heavy atom. The van der Waals surface area contributed by atoms with Crippen LogP contribution in [-0.4, -0.2) is 35.7 Å². The lowest BCUT2D eigenvalue weighted by Crippen LogP contribution is -2.14. The average molecular weight is 745 g/mol. The Balaban J connectivity index is 1.67. The number of hydrogen-bond acceptors (Lipinski definition) is 7. The summed E-state index contributed by atoms with van der Waals surface area (Å²) < 4.78 is 17.4. The van der Waals surface area contributed by atoms with Gasteiger partial charge in [-0.2, -0.15) is 0 Å². The first-order valence-electron chi connectivity index (χ1n) is 11.9. The van der Waals surface area contributed by atoms with Crippen LogP contribution in [0, 0.1) is 3.57 Å².